The first-order valence-electron chi connectivity index (χ1n) is 12.9. The maximum Gasteiger partial charge on any atom is 0.229 e. The summed E-state index contributed by atoms with van der Waals surface area (Å²) in [7, 11) is 0. The van der Waals surface area contributed by atoms with Crippen molar-refractivity contribution in [3.05, 3.63) is 70.7 Å². The number of aliphatic imine (C=N–C) groups is 2. The number of aromatic nitrogens is 5. The Morgan fingerprint density at radius 1 is 1.27 bits per heavy atom. The highest BCUT2D eigenvalue weighted by molar-refractivity contribution is 5.85. The second-order valence-electron chi connectivity index (χ2n) is 10.1. The lowest BCUT2D eigenvalue weighted by molar-refractivity contribution is -0.131. The third kappa shape index (κ3) is 4.96. The highest BCUT2D eigenvalue weighted by atomic mass is 16.2. The molecule has 10 heteroatoms. The standard InChI is InChI=1S/C27H31N9O/c1-17(14-29-27(28-2)31-20-11-18-5-3-4-6-19(18)12-20)26-30-21(15-36(26)22-7-8-22)13-25(37)35-10-9-23-24(16-35)33-34-32-23/h3-6,14-15,20,22H,2,7-13,16H2,1H3,(H,29,31)(H,32,33,34)/b17-14+. The molecule has 6 rings (SSSR count). The molecule has 3 aliphatic rings. The van der Waals surface area contributed by atoms with Crippen LogP contribution in [0.3, 0.4) is 0 Å². The van der Waals surface area contributed by atoms with E-state index in [9.17, 15) is 4.79 Å². The van der Waals surface area contributed by atoms with Gasteiger partial charge in [0.05, 0.1) is 24.4 Å². The Kier molecular flexibility index (Phi) is 6.15. The van der Waals surface area contributed by atoms with Gasteiger partial charge in [0.25, 0.3) is 0 Å². The monoisotopic (exact) mass is 497 g/mol. The molecule has 0 spiro atoms. The summed E-state index contributed by atoms with van der Waals surface area (Å²) in [4.78, 5) is 28.4. The zero-order chi connectivity index (χ0) is 25.4. The molecule has 3 heterocycles. The lowest BCUT2D eigenvalue weighted by atomic mass is 10.1. The summed E-state index contributed by atoms with van der Waals surface area (Å²) in [6.07, 6.45) is 8.98. The average molecular weight is 498 g/mol. The number of hydrogen-bond donors (Lipinski definition) is 2. The van der Waals surface area contributed by atoms with Crippen molar-refractivity contribution in [3.63, 3.8) is 0 Å². The number of rotatable bonds is 6. The minimum atomic E-state index is 0.0557. The fraction of sp³-hybridized carbons (Fsp3) is 0.407. The predicted octanol–water partition coefficient (Wildman–Crippen LogP) is 2.64. The lowest BCUT2D eigenvalue weighted by Crippen LogP contribution is -2.37. The van der Waals surface area contributed by atoms with Crippen molar-refractivity contribution < 1.29 is 4.79 Å². The fourth-order valence-corrected chi connectivity index (χ4v) is 5.22. The Bertz CT molecular complexity index is 1370. The van der Waals surface area contributed by atoms with E-state index < -0.39 is 0 Å². The summed E-state index contributed by atoms with van der Waals surface area (Å²) in [6, 6.07) is 9.20. The van der Waals surface area contributed by atoms with Gasteiger partial charge in [-0.3, -0.25) is 9.89 Å². The van der Waals surface area contributed by atoms with Gasteiger partial charge in [-0.05, 0) is 50.5 Å². The number of H-pyrrole nitrogens is 1. The van der Waals surface area contributed by atoms with Gasteiger partial charge in [0.1, 0.15) is 11.5 Å². The van der Waals surface area contributed by atoms with E-state index in [1.807, 2.05) is 18.0 Å². The topological polar surface area (TPSA) is 116 Å². The van der Waals surface area contributed by atoms with Gasteiger partial charge in [-0.1, -0.05) is 29.5 Å². The molecule has 1 saturated carbocycles. The van der Waals surface area contributed by atoms with Crippen molar-refractivity contribution in [1.82, 2.24) is 35.2 Å². The van der Waals surface area contributed by atoms with Gasteiger partial charge in [-0.25, -0.2) is 15.0 Å². The third-order valence-electron chi connectivity index (χ3n) is 7.35. The molecule has 3 aromatic rings. The second kappa shape index (κ2) is 9.76. The summed E-state index contributed by atoms with van der Waals surface area (Å²) < 4.78 is 2.19. The maximum atomic E-state index is 13.0. The minimum absolute atomic E-state index is 0.0557. The number of hydrogen-bond acceptors (Lipinski definition) is 5. The molecular weight excluding hydrogens is 466 g/mol. The van der Waals surface area contributed by atoms with E-state index >= 15 is 0 Å². The van der Waals surface area contributed by atoms with E-state index in [0.29, 0.717) is 25.1 Å². The van der Waals surface area contributed by atoms with Gasteiger partial charge in [-0.2, -0.15) is 0 Å². The van der Waals surface area contributed by atoms with Crippen LogP contribution in [0, 0.1) is 0 Å². The number of nitrogens with zero attached hydrogens (tertiary/aromatic N) is 7. The van der Waals surface area contributed by atoms with Crippen LogP contribution in [0.1, 0.15) is 59.8 Å². The van der Waals surface area contributed by atoms with E-state index in [4.69, 9.17) is 4.98 Å². The number of aromatic amines is 1. The Hall–Kier alpha value is -4.08. The van der Waals surface area contributed by atoms with E-state index in [-0.39, 0.29) is 18.4 Å². The Morgan fingerprint density at radius 2 is 2.05 bits per heavy atom. The van der Waals surface area contributed by atoms with Crippen LogP contribution in [-0.2, 0) is 37.0 Å². The molecular formula is C27H31N9O. The average Bonchev–Trinajstić information content (AvgIpc) is 3.31. The van der Waals surface area contributed by atoms with Gasteiger partial charge in [0.15, 0.2) is 0 Å². The number of benzene rings is 1. The number of guanidine groups is 1. The van der Waals surface area contributed by atoms with Crippen LogP contribution in [0.25, 0.3) is 5.57 Å². The molecule has 37 heavy (non-hydrogen) atoms. The van der Waals surface area contributed by atoms with Gasteiger partial charge >= 0.3 is 0 Å². The van der Waals surface area contributed by atoms with E-state index in [1.165, 1.54) is 11.1 Å². The normalized spacial score (nSPS) is 18.0. The molecule has 1 aliphatic heterocycles. The smallest absolute Gasteiger partial charge is 0.229 e. The number of allylic oxidation sites excluding steroid dienone is 1. The van der Waals surface area contributed by atoms with Crippen LogP contribution < -0.4 is 5.32 Å². The summed E-state index contributed by atoms with van der Waals surface area (Å²) in [5, 5.41) is 14.3. The van der Waals surface area contributed by atoms with Gasteiger partial charge < -0.3 is 14.8 Å². The van der Waals surface area contributed by atoms with Crippen LogP contribution in [0.15, 0.2) is 46.6 Å². The van der Waals surface area contributed by atoms with E-state index in [0.717, 1.165) is 60.6 Å². The molecule has 0 bridgehead atoms. The van der Waals surface area contributed by atoms with Gasteiger partial charge in [0, 0.05) is 43.0 Å². The Morgan fingerprint density at radius 3 is 2.78 bits per heavy atom. The van der Waals surface area contributed by atoms with Crippen molar-refractivity contribution >= 4 is 24.2 Å². The van der Waals surface area contributed by atoms with Crippen molar-refractivity contribution in [2.24, 2.45) is 9.98 Å². The van der Waals surface area contributed by atoms with Crippen LogP contribution in [0.4, 0.5) is 0 Å². The molecule has 1 fully saturated rings. The predicted molar refractivity (Wildman–Crippen MR) is 141 cm³/mol. The number of carbonyl (C=O) groups is 1. The summed E-state index contributed by atoms with van der Waals surface area (Å²) in [5.41, 5.74) is 6.31. The number of fused-ring (bicyclic) bond motifs is 2. The van der Waals surface area contributed by atoms with Crippen molar-refractivity contribution in [3.8, 4) is 0 Å². The van der Waals surface area contributed by atoms with Crippen LogP contribution in [0.2, 0.25) is 0 Å². The highest BCUT2D eigenvalue weighted by Gasteiger charge is 2.29. The number of imidazole rings is 1. The summed E-state index contributed by atoms with van der Waals surface area (Å²) >= 11 is 0. The number of nitrogens with one attached hydrogen (secondary N) is 2. The molecule has 2 aliphatic carbocycles. The molecule has 0 saturated heterocycles. The highest BCUT2D eigenvalue weighted by Crippen LogP contribution is 2.37. The van der Waals surface area contributed by atoms with Crippen LogP contribution in [-0.4, -0.2) is 61.0 Å². The van der Waals surface area contributed by atoms with Crippen molar-refractivity contribution in [2.45, 2.75) is 64.1 Å². The largest absolute Gasteiger partial charge is 0.351 e. The van der Waals surface area contributed by atoms with Crippen molar-refractivity contribution in [1.29, 1.82) is 0 Å². The zero-order valence-electron chi connectivity index (χ0n) is 21.0. The molecule has 0 unspecified atom stereocenters. The molecule has 0 atom stereocenters. The van der Waals surface area contributed by atoms with Crippen LogP contribution in [0.5, 0.6) is 0 Å². The molecule has 0 radical (unpaired) electrons. The third-order valence-corrected chi connectivity index (χ3v) is 7.35. The first kappa shape index (κ1) is 23.3. The summed E-state index contributed by atoms with van der Waals surface area (Å²) in [6.45, 7) is 6.86. The van der Waals surface area contributed by atoms with Crippen molar-refractivity contribution in [2.75, 3.05) is 6.54 Å². The molecule has 2 N–H and O–H groups in total. The van der Waals surface area contributed by atoms with Crippen LogP contribution >= 0.6 is 0 Å². The Balaban J connectivity index is 1.15. The molecule has 190 valence electrons. The first-order chi connectivity index (χ1) is 18.1. The molecule has 1 amide bonds. The lowest BCUT2D eigenvalue weighted by Gasteiger charge is -2.25. The fourth-order valence-electron chi connectivity index (χ4n) is 5.22. The van der Waals surface area contributed by atoms with E-state index in [1.54, 1.807) is 6.20 Å². The SMILES string of the molecule is C=N/C(=N\C=C(/C)c1nc(CC(=O)N2CCc3[nH]nnc3C2)cn1C1CC1)NC1Cc2ccccc2C1. The molecule has 10 nitrogen and oxygen atoms in total. The van der Waals surface area contributed by atoms with Gasteiger partial charge in [0.2, 0.25) is 11.9 Å². The van der Waals surface area contributed by atoms with E-state index in [2.05, 4.69) is 66.3 Å². The summed E-state index contributed by atoms with van der Waals surface area (Å²) in [5.74, 6) is 1.41. The molecule has 2 aromatic heterocycles. The zero-order valence-corrected chi connectivity index (χ0v) is 21.0. The first-order valence-corrected chi connectivity index (χ1v) is 12.9. The number of amides is 1. The molecule has 1 aromatic carbocycles. The second-order valence-corrected chi connectivity index (χ2v) is 10.1. The maximum absolute atomic E-state index is 13.0. The minimum Gasteiger partial charge on any atom is -0.351 e. The number of carbonyl (C=O) groups excluding carboxylic acids is 1. The van der Waals surface area contributed by atoms with Gasteiger partial charge in [-0.15, -0.1) is 5.10 Å². The Labute approximate surface area is 215 Å². The quantitative estimate of drug-likeness (QED) is 0.401.